The highest BCUT2D eigenvalue weighted by atomic mass is 19.4. The normalized spacial score (nSPS) is 16.9. The van der Waals surface area contributed by atoms with Crippen molar-refractivity contribution >= 4 is 0 Å². The first-order valence-corrected chi connectivity index (χ1v) is 9.21. The Morgan fingerprint density at radius 1 is 1.26 bits per heavy atom. The lowest BCUT2D eigenvalue weighted by molar-refractivity contribution is -0.146. The van der Waals surface area contributed by atoms with E-state index in [0.29, 0.717) is 6.54 Å². The van der Waals surface area contributed by atoms with Crippen LogP contribution < -0.4 is 0 Å². The van der Waals surface area contributed by atoms with Gasteiger partial charge in [0.2, 0.25) is 5.89 Å². The van der Waals surface area contributed by atoms with Gasteiger partial charge in [-0.3, -0.25) is 9.88 Å². The molecule has 148 valence electrons. The van der Waals surface area contributed by atoms with Gasteiger partial charge < -0.3 is 9.42 Å². The van der Waals surface area contributed by atoms with Gasteiger partial charge in [0.1, 0.15) is 0 Å². The first-order valence-electron chi connectivity index (χ1n) is 9.21. The van der Waals surface area contributed by atoms with E-state index in [1.807, 2.05) is 18.2 Å². The van der Waals surface area contributed by atoms with Crippen molar-refractivity contribution in [3.05, 3.63) is 41.8 Å². The van der Waals surface area contributed by atoms with Gasteiger partial charge in [0.05, 0.1) is 6.54 Å². The van der Waals surface area contributed by atoms with E-state index in [-0.39, 0.29) is 18.5 Å². The highest BCUT2D eigenvalue weighted by Gasteiger charge is 2.37. The van der Waals surface area contributed by atoms with Crippen LogP contribution in [0.25, 0.3) is 0 Å². The first-order chi connectivity index (χ1) is 13.0. The molecule has 1 aliphatic rings. The van der Waals surface area contributed by atoms with Crippen LogP contribution in [0.15, 0.2) is 28.9 Å². The van der Waals surface area contributed by atoms with Gasteiger partial charge in [-0.25, -0.2) is 0 Å². The molecule has 1 fully saturated rings. The van der Waals surface area contributed by atoms with Gasteiger partial charge in [0.15, 0.2) is 0 Å². The Kier molecular flexibility index (Phi) is 6.43. The summed E-state index contributed by atoms with van der Waals surface area (Å²) < 4.78 is 43.1. The number of aromatic nitrogens is 3. The number of likely N-dealkylation sites (tertiary alicyclic amines) is 1. The molecule has 0 N–H and O–H groups in total. The van der Waals surface area contributed by atoms with Gasteiger partial charge in [0.25, 0.3) is 5.82 Å². The summed E-state index contributed by atoms with van der Waals surface area (Å²) in [6.45, 7) is 6.01. The van der Waals surface area contributed by atoms with Crippen LogP contribution in [0.1, 0.15) is 37.2 Å². The van der Waals surface area contributed by atoms with Crippen LogP contribution in [-0.2, 0) is 19.1 Å². The third kappa shape index (κ3) is 5.49. The molecule has 1 aliphatic heterocycles. The lowest BCUT2D eigenvalue weighted by Crippen LogP contribution is -2.45. The molecule has 0 aliphatic carbocycles. The second-order valence-electron chi connectivity index (χ2n) is 6.72. The Morgan fingerprint density at radius 3 is 2.63 bits per heavy atom. The number of piperidine rings is 1. The first kappa shape index (κ1) is 19.8. The molecule has 0 aromatic carbocycles. The van der Waals surface area contributed by atoms with Crippen LogP contribution in [0.5, 0.6) is 0 Å². The second-order valence-corrected chi connectivity index (χ2v) is 6.72. The Balaban J connectivity index is 1.68. The SMILES string of the molecule is CCN1CCC(N(CCc2ccccn2)Cc2nc(C(F)(F)F)no2)CC1. The number of rotatable bonds is 7. The van der Waals surface area contributed by atoms with Gasteiger partial charge in [-0.15, -0.1) is 0 Å². The van der Waals surface area contributed by atoms with Crippen LogP contribution >= 0.6 is 0 Å². The maximum atomic E-state index is 12.7. The smallest absolute Gasteiger partial charge is 0.338 e. The van der Waals surface area contributed by atoms with Crippen molar-refractivity contribution in [2.45, 2.75) is 44.9 Å². The van der Waals surface area contributed by atoms with Gasteiger partial charge in [-0.1, -0.05) is 18.1 Å². The van der Waals surface area contributed by atoms with Crippen molar-refractivity contribution in [3.63, 3.8) is 0 Å². The number of halogens is 3. The zero-order valence-electron chi connectivity index (χ0n) is 15.3. The Labute approximate surface area is 156 Å². The molecule has 6 nitrogen and oxygen atoms in total. The Morgan fingerprint density at radius 2 is 2.04 bits per heavy atom. The summed E-state index contributed by atoms with van der Waals surface area (Å²) in [7, 11) is 0. The molecule has 0 atom stereocenters. The number of pyridine rings is 1. The third-order valence-corrected chi connectivity index (χ3v) is 4.96. The van der Waals surface area contributed by atoms with Gasteiger partial charge in [-0.05, 0) is 44.6 Å². The summed E-state index contributed by atoms with van der Waals surface area (Å²) in [6.07, 6.45) is -0.193. The summed E-state index contributed by atoms with van der Waals surface area (Å²) in [5.41, 5.74) is 0.954. The maximum absolute atomic E-state index is 12.7. The number of nitrogens with zero attached hydrogens (tertiary/aromatic N) is 5. The summed E-state index contributed by atoms with van der Waals surface area (Å²) in [5.74, 6) is -1.22. The van der Waals surface area contributed by atoms with Gasteiger partial charge in [0, 0.05) is 30.9 Å². The maximum Gasteiger partial charge on any atom is 0.455 e. The van der Waals surface area contributed by atoms with E-state index in [2.05, 4.69) is 31.8 Å². The molecule has 0 radical (unpaired) electrons. The summed E-state index contributed by atoms with van der Waals surface area (Å²) in [5, 5.41) is 3.07. The van der Waals surface area contributed by atoms with Crippen molar-refractivity contribution in [2.75, 3.05) is 26.2 Å². The summed E-state index contributed by atoms with van der Waals surface area (Å²) in [4.78, 5) is 12.4. The second kappa shape index (κ2) is 8.79. The topological polar surface area (TPSA) is 58.3 Å². The van der Waals surface area contributed by atoms with Gasteiger partial charge >= 0.3 is 6.18 Å². The summed E-state index contributed by atoms with van der Waals surface area (Å²) >= 11 is 0. The third-order valence-electron chi connectivity index (χ3n) is 4.96. The van der Waals surface area contributed by atoms with E-state index in [4.69, 9.17) is 4.52 Å². The van der Waals surface area contributed by atoms with E-state index in [1.54, 1.807) is 6.20 Å². The molecular formula is C18H24F3N5O. The molecule has 0 saturated carbocycles. The Hall–Kier alpha value is -2.00. The van der Waals surface area contributed by atoms with Crippen LogP contribution in [0.3, 0.4) is 0 Å². The minimum Gasteiger partial charge on any atom is -0.338 e. The van der Waals surface area contributed by atoms with Crippen molar-refractivity contribution in [2.24, 2.45) is 0 Å². The van der Waals surface area contributed by atoms with Gasteiger partial charge in [-0.2, -0.15) is 18.2 Å². The fourth-order valence-electron chi connectivity index (χ4n) is 3.40. The minimum atomic E-state index is -4.59. The average Bonchev–Trinajstić information content (AvgIpc) is 3.15. The largest absolute Gasteiger partial charge is 0.455 e. The zero-order chi connectivity index (χ0) is 19.3. The van der Waals surface area contributed by atoms with Crippen LogP contribution in [-0.4, -0.2) is 57.1 Å². The van der Waals surface area contributed by atoms with Crippen LogP contribution in [0.2, 0.25) is 0 Å². The minimum absolute atomic E-state index is 0.00117. The monoisotopic (exact) mass is 383 g/mol. The number of hydrogen-bond acceptors (Lipinski definition) is 6. The predicted molar refractivity (Wildman–Crippen MR) is 92.8 cm³/mol. The molecule has 2 aromatic heterocycles. The lowest BCUT2D eigenvalue weighted by Gasteiger charge is -2.37. The van der Waals surface area contributed by atoms with Crippen LogP contribution in [0.4, 0.5) is 13.2 Å². The van der Waals surface area contributed by atoms with Crippen molar-refractivity contribution in [1.82, 2.24) is 24.9 Å². The molecule has 3 rings (SSSR count). The fraction of sp³-hybridized carbons (Fsp3) is 0.611. The van der Waals surface area contributed by atoms with Crippen LogP contribution in [0, 0.1) is 0 Å². The molecule has 0 bridgehead atoms. The van der Waals surface area contributed by atoms with Crippen molar-refractivity contribution in [3.8, 4) is 0 Å². The predicted octanol–water partition coefficient (Wildman–Crippen LogP) is 3.01. The lowest BCUT2D eigenvalue weighted by atomic mass is 10.0. The quantitative estimate of drug-likeness (QED) is 0.733. The summed E-state index contributed by atoms with van der Waals surface area (Å²) in [6, 6.07) is 6.02. The molecule has 27 heavy (non-hydrogen) atoms. The van der Waals surface area contributed by atoms with Crippen molar-refractivity contribution < 1.29 is 17.7 Å². The van der Waals surface area contributed by atoms with Crippen molar-refractivity contribution in [1.29, 1.82) is 0 Å². The Bertz CT molecular complexity index is 699. The highest BCUT2D eigenvalue weighted by Crippen LogP contribution is 2.27. The van der Waals surface area contributed by atoms with E-state index in [1.165, 1.54) is 0 Å². The number of alkyl halides is 3. The molecule has 0 spiro atoms. The molecule has 9 heteroatoms. The number of hydrogen-bond donors (Lipinski definition) is 0. The average molecular weight is 383 g/mol. The van der Waals surface area contributed by atoms with E-state index >= 15 is 0 Å². The molecule has 1 saturated heterocycles. The molecule has 0 unspecified atom stereocenters. The van der Waals surface area contributed by atoms with E-state index in [0.717, 1.165) is 44.6 Å². The molecule has 3 heterocycles. The standard InChI is InChI=1S/C18H24F3N5O/c1-2-25-10-7-15(8-11-25)26(12-6-14-5-3-4-9-22-14)13-16-23-17(24-27-16)18(19,20)21/h3-5,9,15H,2,6-8,10-13H2,1H3. The van der Waals surface area contributed by atoms with E-state index in [9.17, 15) is 13.2 Å². The highest BCUT2D eigenvalue weighted by molar-refractivity contribution is 5.04. The molecule has 2 aromatic rings. The fourth-order valence-corrected chi connectivity index (χ4v) is 3.40. The zero-order valence-corrected chi connectivity index (χ0v) is 15.3. The van der Waals surface area contributed by atoms with E-state index < -0.39 is 12.0 Å². The molecule has 0 amide bonds. The molecular weight excluding hydrogens is 359 g/mol.